The van der Waals surface area contributed by atoms with Crippen molar-refractivity contribution in [3.05, 3.63) is 65.4 Å². The van der Waals surface area contributed by atoms with Crippen LogP contribution in [0.5, 0.6) is 0 Å². The summed E-state index contributed by atoms with van der Waals surface area (Å²) in [6.45, 7) is 2.72. The molecule has 2 N–H and O–H groups in total. The third kappa shape index (κ3) is 4.75. The molecule has 30 heavy (non-hydrogen) atoms. The van der Waals surface area contributed by atoms with Crippen LogP contribution < -0.4 is 5.32 Å². The highest BCUT2D eigenvalue weighted by Gasteiger charge is 2.16. The molecule has 2 amide bonds. The SMILES string of the molecule is O=C(NCCC(=O)N1CCOCC1)c1ccc(C=Cc2n[nH]c3ccccc23)cc1. The van der Waals surface area contributed by atoms with Gasteiger partial charge >= 0.3 is 0 Å². The van der Waals surface area contributed by atoms with Gasteiger partial charge in [0, 0.05) is 37.0 Å². The van der Waals surface area contributed by atoms with E-state index in [1.807, 2.05) is 48.6 Å². The van der Waals surface area contributed by atoms with Crippen molar-refractivity contribution in [2.75, 3.05) is 32.8 Å². The molecule has 1 aliphatic rings. The summed E-state index contributed by atoms with van der Waals surface area (Å²) >= 11 is 0. The fourth-order valence-corrected chi connectivity index (χ4v) is 3.39. The van der Waals surface area contributed by atoms with Gasteiger partial charge in [-0.15, -0.1) is 0 Å². The topological polar surface area (TPSA) is 87.3 Å². The Bertz CT molecular complexity index is 1050. The number of para-hydroxylation sites is 1. The molecule has 4 rings (SSSR count). The molecule has 7 heteroatoms. The van der Waals surface area contributed by atoms with Crippen LogP contribution in [0, 0.1) is 0 Å². The highest BCUT2D eigenvalue weighted by molar-refractivity contribution is 5.95. The van der Waals surface area contributed by atoms with Crippen molar-refractivity contribution < 1.29 is 14.3 Å². The van der Waals surface area contributed by atoms with Gasteiger partial charge in [0.15, 0.2) is 0 Å². The van der Waals surface area contributed by atoms with Gasteiger partial charge in [-0.25, -0.2) is 0 Å². The Labute approximate surface area is 174 Å². The van der Waals surface area contributed by atoms with E-state index >= 15 is 0 Å². The Morgan fingerprint density at radius 1 is 1.07 bits per heavy atom. The number of morpholine rings is 1. The second-order valence-corrected chi connectivity index (χ2v) is 7.11. The van der Waals surface area contributed by atoms with E-state index in [0.717, 1.165) is 22.2 Å². The number of carbonyl (C=O) groups is 2. The summed E-state index contributed by atoms with van der Waals surface area (Å²) in [5.74, 6) is -0.136. The fourth-order valence-electron chi connectivity index (χ4n) is 3.39. The second kappa shape index (κ2) is 9.37. The van der Waals surface area contributed by atoms with E-state index in [-0.39, 0.29) is 11.8 Å². The summed E-state index contributed by atoms with van der Waals surface area (Å²) in [7, 11) is 0. The number of rotatable bonds is 6. The Kier molecular flexibility index (Phi) is 6.20. The predicted octanol–water partition coefficient (Wildman–Crippen LogP) is 2.71. The summed E-state index contributed by atoms with van der Waals surface area (Å²) in [5.41, 5.74) is 3.41. The predicted molar refractivity (Wildman–Crippen MR) is 116 cm³/mol. The lowest BCUT2D eigenvalue weighted by molar-refractivity contribution is -0.135. The third-order valence-corrected chi connectivity index (χ3v) is 5.09. The molecule has 1 saturated heterocycles. The normalized spacial score (nSPS) is 14.3. The molecular weight excluding hydrogens is 380 g/mol. The highest BCUT2D eigenvalue weighted by Crippen LogP contribution is 2.17. The van der Waals surface area contributed by atoms with E-state index in [0.29, 0.717) is 44.8 Å². The van der Waals surface area contributed by atoms with Gasteiger partial charge in [0.2, 0.25) is 5.91 Å². The number of amides is 2. The zero-order valence-electron chi connectivity index (χ0n) is 16.6. The number of benzene rings is 2. The van der Waals surface area contributed by atoms with Crippen LogP contribution in [0.2, 0.25) is 0 Å². The number of nitrogens with one attached hydrogen (secondary N) is 2. The van der Waals surface area contributed by atoms with Gasteiger partial charge in [0.25, 0.3) is 5.91 Å². The molecule has 0 spiro atoms. The van der Waals surface area contributed by atoms with Crippen molar-refractivity contribution in [3.63, 3.8) is 0 Å². The number of H-pyrrole nitrogens is 1. The number of carbonyl (C=O) groups excluding carboxylic acids is 2. The van der Waals surface area contributed by atoms with E-state index < -0.39 is 0 Å². The number of aromatic amines is 1. The largest absolute Gasteiger partial charge is 0.378 e. The zero-order chi connectivity index (χ0) is 20.8. The van der Waals surface area contributed by atoms with Crippen molar-refractivity contribution in [1.82, 2.24) is 20.4 Å². The standard InChI is InChI=1S/C23H24N4O3/c28-22(27-13-15-30-16-14-27)11-12-24-23(29)18-8-5-17(6-9-18)7-10-21-19-3-1-2-4-20(19)25-26-21/h1-10H,11-16H2,(H,24,29)(H,25,26). The first-order chi connectivity index (χ1) is 14.7. The van der Waals surface area contributed by atoms with Crippen LogP contribution >= 0.6 is 0 Å². The molecular formula is C23H24N4O3. The van der Waals surface area contributed by atoms with Gasteiger partial charge in [-0.2, -0.15) is 5.10 Å². The van der Waals surface area contributed by atoms with Gasteiger partial charge in [0.1, 0.15) is 0 Å². The van der Waals surface area contributed by atoms with Gasteiger partial charge < -0.3 is 15.0 Å². The van der Waals surface area contributed by atoms with Crippen LogP contribution in [0.4, 0.5) is 0 Å². The number of fused-ring (bicyclic) bond motifs is 1. The molecule has 0 bridgehead atoms. The molecule has 1 aromatic heterocycles. The minimum Gasteiger partial charge on any atom is -0.378 e. The lowest BCUT2D eigenvalue weighted by atomic mass is 10.1. The Hall–Kier alpha value is -3.45. The van der Waals surface area contributed by atoms with Crippen LogP contribution in [0.15, 0.2) is 48.5 Å². The lowest BCUT2D eigenvalue weighted by Gasteiger charge is -2.26. The molecule has 7 nitrogen and oxygen atoms in total. The van der Waals surface area contributed by atoms with E-state index in [1.165, 1.54) is 0 Å². The molecule has 0 aliphatic carbocycles. The first-order valence-corrected chi connectivity index (χ1v) is 10.1. The van der Waals surface area contributed by atoms with Crippen LogP contribution in [-0.2, 0) is 9.53 Å². The van der Waals surface area contributed by atoms with Crippen molar-refractivity contribution >= 4 is 34.9 Å². The van der Waals surface area contributed by atoms with Crippen molar-refractivity contribution in [2.24, 2.45) is 0 Å². The van der Waals surface area contributed by atoms with Crippen molar-refractivity contribution in [2.45, 2.75) is 6.42 Å². The lowest BCUT2D eigenvalue weighted by Crippen LogP contribution is -2.42. The maximum Gasteiger partial charge on any atom is 0.251 e. The molecule has 2 heterocycles. The van der Waals surface area contributed by atoms with Gasteiger partial charge in [-0.3, -0.25) is 14.7 Å². The quantitative estimate of drug-likeness (QED) is 0.661. The van der Waals surface area contributed by atoms with Crippen LogP contribution in [-0.4, -0.2) is 59.8 Å². The summed E-state index contributed by atoms with van der Waals surface area (Å²) in [5, 5.41) is 11.2. The average molecular weight is 404 g/mol. The van der Waals surface area contributed by atoms with Crippen molar-refractivity contribution in [1.29, 1.82) is 0 Å². The number of hydrogen-bond acceptors (Lipinski definition) is 4. The first-order valence-electron chi connectivity index (χ1n) is 10.1. The summed E-state index contributed by atoms with van der Waals surface area (Å²) < 4.78 is 5.24. The van der Waals surface area contributed by atoms with Crippen LogP contribution in [0.25, 0.3) is 23.1 Å². The monoisotopic (exact) mass is 404 g/mol. The van der Waals surface area contributed by atoms with E-state index in [9.17, 15) is 9.59 Å². The molecule has 0 atom stereocenters. The Morgan fingerprint density at radius 3 is 2.63 bits per heavy atom. The molecule has 1 aliphatic heterocycles. The molecule has 3 aromatic rings. The van der Waals surface area contributed by atoms with Gasteiger partial charge in [-0.1, -0.05) is 36.4 Å². The van der Waals surface area contributed by atoms with Crippen LogP contribution in [0.3, 0.4) is 0 Å². The maximum absolute atomic E-state index is 12.3. The molecule has 0 saturated carbocycles. The van der Waals surface area contributed by atoms with E-state index in [2.05, 4.69) is 15.5 Å². The summed E-state index contributed by atoms with van der Waals surface area (Å²) in [6, 6.07) is 15.3. The molecule has 2 aromatic carbocycles. The smallest absolute Gasteiger partial charge is 0.251 e. The minimum atomic E-state index is -0.182. The Morgan fingerprint density at radius 2 is 1.83 bits per heavy atom. The molecule has 1 fully saturated rings. The maximum atomic E-state index is 12.3. The summed E-state index contributed by atoms with van der Waals surface area (Å²) in [6.07, 6.45) is 4.21. The highest BCUT2D eigenvalue weighted by atomic mass is 16.5. The number of aromatic nitrogens is 2. The van der Waals surface area contributed by atoms with Gasteiger partial charge in [0.05, 0.1) is 24.4 Å². The molecule has 0 radical (unpaired) electrons. The Balaban J connectivity index is 1.29. The summed E-state index contributed by atoms with van der Waals surface area (Å²) in [4.78, 5) is 26.2. The molecule has 154 valence electrons. The fraction of sp³-hybridized carbons (Fsp3) is 0.261. The average Bonchev–Trinajstić information content (AvgIpc) is 3.21. The van der Waals surface area contributed by atoms with Crippen molar-refractivity contribution in [3.8, 4) is 0 Å². The van der Waals surface area contributed by atoms with E-state index in [1.54, 1.807) is 17.0 Å². The first kappa shape index (κ1) is 19.8. The number of ether oxygens (including phenoxy) is 1. The van der Waals surface area contributed by atoms with E-state index in [4.69, 9.17) is 4.74 Å². The number of hydrogen-bond donors (Lipinski definition) is 2. The van der Waals surface area contributed by atoms with Gasteiger partial charge in [-0.05, 0) is 29.8 Å². The van der Waals surface area contributed by atoms with Crippen LogP contribution in [0.1, 0.15) is 28.0 Å². The molecule has 0 unspecified atom stereocenters. The number of nitrogens with zero attached hydrogens (tertiary/aromatic N) is 2. The third-order valence-electron chi connectivity index (χ3n) is 5.09. The zero-order valence-corrected chi connectivity index (χ0v) is 16.6. The second-order valence-electron chi connectivity index (χ2n) is 7.11. The minimum absolute atomic E-state index is 0.0463.